The van der Waals surface area contributed by atoms with Crippen LogP contribution in [0.25, 0.3) is 0 Å². The van der Waals surface area contributed by atoms with Gasteiger partial charge in [0.25, 0.3) is 0 Å². The average molecular weight is 428 g/mol. The Hall–Kier alpha value is -1.69. The first-order valence-corrected chi connectivity index (χ1v) is 12.0. The van der Waals surface area contributed by atoms with Crippen LogP contribution in [0, 0.1) is 39.9 Å². The highest BCUT2D eigenvalue weighted by atomic mass is 16.5. The van der Waals surface area contributed by atoms with E-state index in [4.69, 9.17) is 14.5 Å². The molecule has 2 spiro atoms. The van der Waals surface area contributed by atoms with Gasteiger partial charge in [-0.05, 0) is 62.7 Å². The largest absolute Gasteiger partial charge is 0.469 e. The van der Waals surface area contributed by atoms with Gasteiger partial charge in [-0.1, -0.05) is 18.1 Å². The van der Waals surface area contributed by atoms with E-state index in [0.29, 0.717) is 18.9 Å². The van der Waals surface area contributed by atoms with E-state index in [-0.39, 0.29) is 45.9 Å². The number of methoxy groups -OCH3 is 1. The van der Waals surface area contributed by atoms with Crippen molar-refractivity contribution in [3.8, 4) is 0 Å². The van der Waals surface area contributed by atoms with Crippen LogP contribution in [-0.2, 0) is 19.1 Å². The second-order valence-corrected chi connectivity index (χ2v) is 11.1. The number of carbonyl (C=O) groups excluding carboxylic acids is 2. The zero-order valence-electron chi connectivity index (χ0n) is 18.8. The third kappa shape index (κ3) is 2.03. The molecule has 6 nitrogen and oxygen atoms in total. The Bertz CT molecular complexity index is 938. The van der Waals surface area contributed by atoms with Crippen LogP contribution in [0.4, 0.5) is 0 Å². The molecule has 0 aromatic carbocycles. The molecule has 7 aliphatic rings. The van der Waals surface area contributed by atoms with Crippen molar-refractivity contribution in [3.05, 3.63) is 11.1 Å². The second kappa shape index (κ2) is 6.21. The standard InChI is InChI=1S/C25H33NO5/c1-13-11-26-22-24(13)9-8-23(12-31-14(2)27)18(20(24)28)7-5-15-4-6-16-17(21(29)30-3)10-25(22,23)19(15)16/h13,16-18,20,28H,4-12H2,1-3H3/t13-,16-,17-,18-,20-,23+,24+,25-/m1/s1. The Balaban J connectivity index is 1.63. The zero-order valence-corrected chi connectivity index (χ0v) is 18.8. The average Bonchev–Trinajstić information content (AvgIpc) is 3.39. The lowest BCUT2D eigenvalue weighted by atomic mass is 9.35. The van der Waals surface area contributed by atoms with Crippen LogP contribution in [0.15, 0.2) is 16.1 Å². The first kappa shape index (κ1) is 20.0. The molecule has 0 saturated heterocycles. The minimum absolute atomic E-state index is 0.0581. The molecule has 6 aliphatic carbocycles. The fourth-order valence-corrected chi connectivity index (χ4v) is 9.42. The van der Waals surface area contributed by atoms with E-state index in [1.165, 1.54) is 25.2 Å². The molecule has 4 fully saturated rings. The van der Waals surface area contributed by atoms with Crippen molar-refractivity contribution >= 4 is 17.7 Å². The Labute approximate surface area is 183 Å². The maximum atomic E-state index is 13.0. The summed E-state index contributed by atoms with van der Waals surface area (Å²) in [6.45, 7) is 4.75. The van der Waals surface area contributed by atoms with Crippen LogP contribution >= 0.6 is 0 Å². The van der Waals surface area contributed by atoms with E-state index in [0.717, 1.165) is 50.8 Å². The third-order valence-electron chi connectivity index (χ3n) is 10.5. The minimum Gasteiger partial charge on any atom is -0.469 e. The van der Waals surface area contributed by atoms with Crippen molar-refractivity contribution in [2.24, 2.45) is 44.9 Å². The fourth-order valence-electron chi connectivity index (χ4n) is 9.42. The molecule has 0 aromatic heterocycles. The highest BCUT2D eigenvalue weighted by molar-refractivity contribution is 6.04. The van der Waals surface area contributed by atoms with Crippen molar-refractivity contribution in [1.29, 1.82) is 0 Å². The Kier molecular flexibility index (Phi) is 4.00. The molecule has 0 unspecified atom stereocenters. The topological polar surface area (TPSA) is 85.2 Å². The van der Waals surface area contributed by atoms with Gasteiger partial charge in [0, 0.05) is 35.4 Å². The molecule has 1 N–H and O–H groups in total. The number of esters is 2. The first-order valence-electron chi connectivity index (χ1n) is 12.0. The van der Waals surface area contributed by atoms with Crippen molar-refractivity contribution < 1.29 is 24.2 Å². The van der Waals surface area contributed by atoms with Crippen molar-refractivity contribution in [3.63, 3.8) is 0 Å². The summed E-state index contributed by atoms with van der Waals surface area (Å²) in [5.41, 5.74) is 3.00. The first-order chi connectivity index (χ1) is 14.8. The van der Waals surface area contributed by atoms with E-state index in [1.807, 2.05) is 0 Å². The lowest BCUT2D eigenvalue weighted by Gasteiger charge is -2.68. The summed E-state index contributed by atoms with van der Waals surface area (Å²) in [7, 11) is 1.49. The van der Waals surface area contributed by atoms with E-state index in [2.05, 4.69) is 6.92 Å². The molecule has 4 bridgehead atoms. The normalized spacial score (nSPS) is 48.8. The van der Waals surface area contributed by atoms with Gasteiger partial charge in [-0.25, -0.2) is 0 Å². The van der Waals surface area contributed by atoms with Gasteiger partial charge >= 0.3 is 11.9 Å². The Morgan fingerprint density at radius 2 is 2.00 bits per heavy atom. The quantitative estimate of drug-likeness (QED) is 0.553. The van der Waals surface area contributed by atoms with Gasteiger partial charge in [-0.3, -0.25) is 14.6 Å². The monoisotopic (exact) mass is 427 g/mol. The predicted molar refractivity (Wildman–Crippen MR) is 113 cm³/mol. The number of aliphatic hydroxyl groups excluding tert-OH is 1. The SMILES string of the molecule is COC(=O)[C@@H]1C[C@@]23C4=NC[C@@H](C)[C@]45CC[C@]2(COC(C)=O)[C@H](CCC2=C3[C@@H]1CC2)[C@H]5O. The van der Waals surface area contributed by atoms with Crippen molar-refractivity contribution in [2.45, 2.75) is 64.9 Å². The molecule has 31 heavy (non-hydrogen) atoms. The smallest absolute Gasteiger partial charge is 0.309 e. The molecule has 0 radical (unpaired) electrons. The van der Waals surface area contributed by atoms with Gasteiger partial charge < -0.3 is 14.6 Å². The summed E-state index contributed by atoms with van der Waals surface area (Å²) in [5, 5.41) is 11.9. The van der Waals surface area contributed by atoms with Gasteiger partial charge in [0.05, 0.1) is 25.7 Å². The molecular formula is C25H33NO5. The van der Waals surface area contributed by atoms with Crippen LogP contribution in [0.2, 0.25) is 0 Å². The summed E-state index contributed by atoms with van der Waals surface area (Å²) in [5.74, 6) is -0.0186. The highest BCUT2D eigenvalue weighted by Gasteiger charge is 2.80. The van der Waals surface area contributed by atoms with Crippen LogP contribution in [-0.4, -0.2) is 49.1 Å². The molecule has 1 aliphatic heterocycles. The number of carbonyl (C=O) groups is 2. The van der Waals surface area contributed by atoms with Crippen LogP contribution < -0.4 is 0 Å². The molecule has 1 heterocycles. The maximum absolute atomic E-state index is 13.0. The van der Waals surface area contributed by atoms with Crippen LogP contribution in [0.1, 0.15) is 58.8 Å². The van der Waals surface area contributed by atoms with E-state index in [1.54, 1.807) is 0 Å². The second-order valence-electron chi connectivity index (χ2n) is 11.1. The number of allylic oxidation sites excluding steroid dienone is 2. The van der Waals surface area contributed by atoms with Crippen LogP contribution in [0.3, 0.4) is 0 Å². The maximum Gasteiger partial charge on any atom is 0.309 e. The van der Waals surface area contributed by atoms with Gasteiger partial charge in [0.2, 0.25) is 0 Å². The summed E-state index contributed by atoms with van der Waals surface area (Å²) >= 11 is 0. The van der Waals surface area contributed by atoms with E-state index in [9.17, 15) is 14.7 Å². The number of rotatable bonds is 3. The summed E-state index contributed by atoms with van der Waals surface area (Å²) < 4.78 is 11.1. The van der Waals surface area contributed by atoms with Crippen molar-refractivity contribution in [1.82, 2.24) is 0 Å². The number of fused-ring (bicyclic) bond motifs is 1. The van der Waals surface area contributed by atoms with Gasteiger partial charge in [0.1, 0.15) is 0 Å². The molecule has 4 saturated carbocycles. The Morgan fingerprint density at radius 1 is 1.23 bits per heavy atom. The van der Waals surface area contributed by atoms with Crippen LogP contribution in [0.5, 0.6) is 0 Å². The molecule has 7 rings (SSSR count). The predicted octanol–water partition coefficient (Wildman–Crippen LogP) is 3.08. The van der Waals surface area contributed by atoms with Gasteiger partial charge in [0.15, 0.2) is 0 Å². The number of aliphatic imine (C=N–C) groups is 1. The van der Waals surface area contributed by atoms with Gasteiger partial charge in [-0.15, -0.1) is 0 Å². The zero-order chi connectivity index (χ0) is 21.8. The van der Waals surface area contributed by atoms with E-state index >= 15 is 0 Å². The fraction of sp³-hybridized carbons (Fsp3) is 0.800. The number of hydrogen-bond donors (Lipinski definition) is 1. The van der Waals surface area contributed by atoms with E-state index < -0.39 is 6.10 Å². The lowest BCUT2D eigenvalue weighted by molar-refractivity contribution is -0.190. The minimum atomic E-state index is -0.464. The molecule has 8 atom stereocenters. The molecule has 6 heteroatoms. The molecule has 0 aromatic rings. The number of ether oxygens (including phenoxy) is 2. The Morgan fingerprint density at radius 3 is 2.74 bits per heavy atom. The molecule has 0 amide bonds. The van der Waals surface area contributed by atoms with Gasteiger partial charge in [-0.2, -0.15) is 0 Å². The molecule has 168 valence electrons. The van der Waals surface area contributed by atoms with Crippen molar-refractivity contribution in [2.75, 3.05) is 20.3 Å². The summed E-state index contributed by atoms with van der Waals surface area (Å²) in [6.07, 6.45) is 5.97. The molecular weight excluding hydrogens is 394 g/mol. The number of aliphatic hydroxyl groups is 1. The summed E-state index contributed by atoms with van der Waals surface area (Å²) in [6, 6.07) is 0. The number of hydrogen-bond acceptors (Lipinski definition) is 6. The summed E-state index contributed by atoms with van der Waals surface area (Å²) in [4.78, 5) is 30.1. The highest BCUT2D eigenvalue weighted by Crippen LogP contribution is 2.79. The lowest BCUT2D eigenvalue weighted by Crippen LogP contribution is -2.73. The number of nitrogens with zero attached hydrogens (tertiary/aromatic N) is 1. The third-order valence-corrected chi connectivity index (χ3v) is 10.5.